The van der Waals surface area contributed by atoms with Gasteiger partial charge in [-0.15, -0.1) is 0 Å². The topological polar surface area (TPSA) is 47.8 Å². The number of nitrogens with zero attached hydrogens (tertiary/aromatic N) is 3. The highest BCUT2D eigenvalue weighted by Gasteiger charge is 2.46. The van der Waals surface area contributed by atoms with Crippen molar-refractivity contribution in [2.75, 3.05) is 0 Å². The summed E-state index contributed by atoms with van der Waals surface area (Å²) in [5.41, 5.74) is -0.00799. The maximum atomic E-state index is 11.2. The second kappa shape index (κ2) is 2.94. The average molecular weight is 179 g/mol. The lowest BCUT2D eigenvalue weighted by Crippen LogP contribution is -2.15. The first-order chi connectivity index (χ1) is 6.23. The van der Waals surface area contributed by atoms with Crippen LogP contribution in [0.4, 0.5) is 0 Å². The zero-order chi connectivity index (χ0) is 9.31. The number of ketones is 1. The number of rotatable bonds is 4. The molecule has 0 spiro atoms. The van der Waals surface area contributed by atoms with Crippen molar-refractivity contribution < 1.29 is 4.79 Å². The van der Waals surface area contributed by atoms with Gasteiger partial charge in [-0.25, -0.2) is 4.98 Å². The Hall–Kier alpha value is -1.19. The van der Waals surface area contributed by atoms with E-state index in [0.29, 0.717) is 5.78 Å². The van der Waals surface area contributed by atoms with Crippen molar-refractivity contribution in [3.8, 4) is 0 Å². The summed E-state index contributed by atoms with van der Waals surface area (Å²) < 4.78 is 1.78. The second-order valence-corrected chi connectivity index (χ2v) is 3.75. The number of carbonyl (C=O) groups is 1. The van der Waals surface area contributed by atoms with E-state index in [1.54, 1.807) is 17.9 Å². The predicted octanol–water partition coefficient (Wildman–Crippen LogP) is 1.04. The molecule has 70 valence electrons. The van der Waals surface area contributed by atoms with Crippen LogP contribution < -0.4 is 0 Å². The largest absolute Gasteiger partial charge is 0.299 e. The quantitative estimate of drug-likeness (QED) is 0.693. The van der Waals surface area contributed by atoms with Crippen LogP contribution in [0.15, 0.2) is 12.7 Å². The van der Waals surface area contributed by atoms with Gasteiger partial charge in [-0.1, -0.05) is 0 Å². The SMILES string of the molecule is CC(=O)C1(CCn2cncn2)CC1. The molecule has 1 aromatic rings. The van der Waals surface area contributed by atoms with E-state index in [0.717, 1.165) is 25.8 Å². The summed E-state index contributed by atoms with van der Waals surface area (Å²) >= 11 is 0. The first-order valence-electron chi connectivity index (χ1n) is 4.56. The number of hydrogen-bond donors (Lipinski definition) is 0. The van der Waals surface area contributed by atoms with Crippen molar-refractivity contribution in [1.29, 1.82) is 0 Å². The summed E-state index contributed by atoms with van der Waals surface area (Å²) in [7, 11) is 0. The van der Waals surface area contributed by atoms with E-state index in [1.807, 2.05) is 0 Å². The number of aromatic nitrogens is 3. The van der Waals surface area contributed by atoms with Gasteiger partial charge in [0.2, 0.25) is 0 Å². The van der Waals surface area contributed by atoms with E-state index in [2.05, 4.69) is 10.1 Å². The van der Waals surface area contributed by atoms with Gasteiger partial charge in [0.25, 0.3) is 0 Å². The van der Waals surface area contributed by atoms with Crippen molar-refractivity contribution >= 4 is 5.78 Å². The van der Waals surface area contributed by atoms with Gasteiger partial charge in [0.05, 0.1) is 0 Å². The summed E-state index contributed by atoms with van der Waals surface area (Å²) in [5, 5.41) is 4.00. The van der Waals surface area contributed by atoms with Gasteiger partial charge < -0.3 is 0 Å². The Bertz CT molecular complexity index is 301. The van der Waals surface area contributed by atoms with E-state index in [4.69, 9.17) is 0 Å². The van der Waals surface area contributed by atoms with E-state index in [1.165, 1.54) is 6.33 Å². The standard InChI is InChI=1S/C9H13N3O/c1-8(13)9(2-3-9)4-5-12-7-10-6-11-12/h6-7H,2-5H2,1H3. The molecule has 1 aliphatic rings. The Labute approximate surface area is 77.0 Å². The third-order valence-corrected chi connectivity index (χ3v) is 2.89. The molecule has 1 heterocycles. The fraction of sp³-hybridized carbons (Fsp3) is 0.667. The summed E-state index contributed by atoms with van der Waals surface area (Å²) in [5.74, 6) is 0.326. The molecule has 0 aliphatic heterocycles. The number of Topliss-reactive ketones (excluding diaryl/α,β-unsaturated/α-hetero) is 1. The van der Waals surface area contributed by atoms with Gasteiger partial charge in [0.15, 0.2) is 0 Å². The van der Waals surface area contributed by atoms with Gasteiger partial charge in [-0.2, -0.15) is 5.10 Å². The van der Waals surface area contributed by atoms with Crippen LogP contribution in [0.2, 0.25) is 0 Å². The predicted molar refractivity (Wildman–Crippen MR) is 47.0 cm³/mol. The molecule has 1 saturated carbocycles. The molecule has 0 bridgehead atoms. The summed E-state index contributed by atoms with van der Waals surface area (Å²) in [4.78, 5) is 15.1. The molecule has 13 heavy (non-hydrogen) atoms. The Morgan fingerprint density at radius 2 is 2.38 bits per heavy atom. The van der Waals surface area contributed by atoms with Gasteiger partial charge in [0.1, 0.15) is 18.4 Å². The first kappa shape index (κ1) is 8.41. The molecule has 0 unspecified atom stereocenters. The van der Waals surface area contributed by atoms with E-state index in [9.17, 15) is 4.79 Å². The highest BCUT2D eigenvalue weighted by atomic mass is 16.1. The summed E-state index contributed by atoms with van der Waals surface area (Å²) in [6.45, 7) is 2.49. The zero-order valence-electron chi connectivity index (χ0n) is 7.73. The lowest BCUT2D eigenvalue weighted by atomic mass is 9.98. The third-order valence-electron chi connectivity index (χ3n) is 2.89. The van der Waals surface area contributed by atoms with E-state index in [-0.39, 0.29) is 5.41 Å². The van der Waals surface area contributed by atoms with Crippen molar-refractivity contribution in [3.05, 3.63) is 12.7 Å². The van der Waals surface area contributed by atoms with Crippen LogP contribution in [0, 0.1) is 5.41 Å². The lowest BCUT2D eigenvalue weighted by molar-refractivity contribution is -0.122. The third kappa shape index (κ3) is 1.61. The van der Waals surface area contributed by atoms with Crippen molar-refractivity contribution in [2.24, 2.45) is 5.41 Å². The molecule has 2 rings (SSSR count). The van der Waals surface area contributed by atoms with Crippen molar-refractivity contribution in [1.82, 2.24) is 14.8 Å². The van der Waals surface area contributed by atoms with Crippen LogP contribution in [-0.4, -0.2) is 20.5 Å². The Morgan fingerprint density at radius 3 is 2.85 bits per heavy atom. The molecular weight excluding hydrogens is 166 g/mol. The molecule has 0 amide bonds. The molecule has 1 fully saturated rings. The van der Waals surface area contributed by atoms with Gasteiger partial charge in [-0.3, -0.25) is 9.48 Å². The molecule has 4 heteroatoms. The number of aryl methyl sites for hydroxylation is 1. The van der Waals surface area contributed by atoms with Crippen LogP contribution in [0.1, 0.15) is 26.2 Å². The molecule has 0 radical (unpaired) electrons. The average Bonchev–Trinajstić information content (AvgIpc) is 2.73. The van der Waals surface area contributed by atoms with Crippen LogP contribution in [0.5, 0.6) is 0 Å². The zero-order valence-corrected chi connectivity index (χ0v) is 7.73. The van der Waals surface area contributed by atoms with Crippen LogP contribution >= 0.6 is 0 Å². The number of hydrogen-bond acceptors (Lipinski definition) is 3. The smallest absolute Gasteiger partial charge is 0.137 e. The molecule has 0 N–H and O–H groups in total. The van der Waals surface area contributed by atoms with E-state index < -0.39 is 0 Å². The molecule has 0 atom stereocenters. The Balaban J connectivity index is 1.90. The van der Waals surface area contributed by atoms with Gasteiger partial charge >= 0.3 is 0 Å². The minimum Gasteiger partial charge on any atom is -0.299 e. The van der Waals surface area contributed by atoms with Crippen molar-refractivity contribution in [2.45, 2.75) is 32.7 Å². The second-order valence-electron chi connectivity index (χ2n) is 3.75. The normalized spacial score (nSPS) is 18.5. The molecule has 0 aromatic carbocycles. The maximum Gasteiger partial charge on any atom is 0.137 e. The van der Waals surface area contributed by atoms with Gasteiger partial charge in [0, 0.05) is 12.0 Å². The highest BCUT2D eigenvalue weighted by molar-refractivity contribution is 5.84. The molecule has 0 saturated heterocycles. The highest BCUT2D eigenvalue weighted by Crippen LogP contribution is 2.49. The van der Waals surface area contributed by atoms with E-state index >= 15 is 0 Å². The minimum absolute atomic E-state index is 0.00799. The Kier molecular flexibility index (Phi) is 1.90. The minimum atomic E-state index is -0.00799. The van der Waals surface area contributed by atoms with Crippen LogP contribution in [0.25, 0.3) is 0 Å². The molecule has 4 nitrogen and oxygen atoms in total. The number of carbonyl (C=O) groups excluding carboxylic acids is 1. The van der Waals surface area contributed by atoms with Crippen molar-refractivity contribution in [3.63, 3.8) is 0 Å². The molecule has 1 aliphatic carbocycles. The van der Waals surface area contributed by atoms with Crippen LogP contribution in [0.3, 0.4) is 0 Å². The molecular formula is C9H13N3O. The summed E-state index contributed by atoms with van der Waals surface area (Å²) in [6, 6.07) is 0. The van der Waals surface area contributed by atoms with Crippen LogP contribution in [-0.2, 0) is 11.3 Å². The maximum absolute atomic E-state index is 11.2. The monoisotopic (exact) mass is 179 g/mol. The lowest BCUT2D eigenvalue weighted by Gasteiger charge is -2.09. The summed E-state index contributed by atoms with van der Waals surface area (Å²) in [6.07, 6.45) is 6.23. The fourth-order valence-corrected chi connectivity index (χ4v) is 1.61. The Morgan fingerprint density at radius 1 is 1.62 bits per heavy atom. The molecule has 1 aromatic heterocycles. The fourth-order valence-electron chi connectivity index (χ4n) is 1.61. The first-order valence-corrected chi connectivity index (χ1v) is 4.56. The van der Waals surface area contributed by atoms with Gasteiger partial charge in [-0.05, 0) is 26.2 Å².